The van der Waals surface area contributed by atoms with Crippen molar-refractivity contribution in [2.24, 2.45) is 7.05 Å². The van der Waals surface area contributed by atoms with Gasteiger partial charge in [0.05, 0.1) is 17.6 Å². The van der Waals surface area contributed by atoms with E-state index in [1.54, 1.807) is 13.1 Å². The van der Waals surface area contributed by atoms with Gasteiger partial charge in [0, 0.05) is 40.0 Å². The fourth-order valence-electron chi connectivity index (χ4n) is 1.60. The fraction of sp³-hybridized carbons (Fsp3) is 0.727. The molecule has 0 aromatic carbocycles. The molecule has 0 amide bonds. The SMILES string of the molecule is CCS(=O)(=O)CCNCc1cnc(N(C)C)n1C. The summed E-state index contributed by atoms with van der Waals surface area (Å²) < 4.78 is 24.6. The normalized spacial score (nSPS) is 11.8. The number of imidazole rings is 1. The van der Waals surface area contributed by atoms with Crippen LogP contribution in [0.25, 0.3) is 0 Å². The zero-order chi connectivity index (χ0) is 13.8. The number of rotatable bonds is 7. The largest absolute Gasteiger partial charge is 0.348 e. The van der Waals surface area contributed by atoms with Crippen molar-refractivity contribution in [3.8, 4) is 0 Å². The van der Waals surface area contributed by atoms with Gasteiger partial charge < -0.3 is 14.8 Å². The maximum absolute atomic E-state index is 11.3. The predicted molar refractivity (Wildman–Crippen MR) is 73.6 cm³/mol. The Labute approximate surface area is 109 Å². The lowest BCUT2D eigenvalue weighted by atomic mass is 10.4. The number of nitrogens with one attached hydrogen (secondary N) is 1. The molecule has 18 heavy (non-hydrogen) atoms. The molecule has 0 aliphatic rings. The van der Waals surface area contributed by atoms with Gasteiger partial charge in [0.15, 0.2) is 9.84 Å². The molecule has 0 aliphatic carbocycles. The molecule has 0 atom stereocenters. The van der Waals surface area contributed by atoms with Crippen molar-refractivity contribution in [2.75, 3.05) is 37.0 Å². The molecule has 1 heterocycles. The standard InChI is InChI=1S/C11H22N4O2S/c1-5-18(16,17)7-6-12-8-10-9-13-11(14(2)3)15(10)4/h9,12H,5-8H2,1-4H3. The second kappa shape index (κ2) is 6.19. The molecule has 0 spiro atoms. The van der Waals surface area contributed by atoms with Crippen molar-refractivity contribution >= 4 is 15.8 Å². The number of nitrogens with zero attached hydrogens (tertiary/aromatic N) is 3. The molecular formula is C11H22N4O2S. The maximum atomic E-state index is 11.3. The second-order valence-electron chi connectivity index (χ2n) is 4.42. The van der Waals surface area contributed by atoms with Crippen molar-refractivity contribution in [3.63, 3.8) is 0 Å². The van der Waals surface area contributed by atoms with Crippen LogP contribution in [0.5, 0.6) is 0 Å². The van der Waals surface area contributed by atoms with Gasteiger partial charge in [0.2, 0.25) is 5.95 Å². The Hall–Kier alpha value is -1.08. The smallest absolute Gasteiger partial charge is 0.204 e. The summed E-state index contributed by atoms with van der Waals surface area (Å²) in [6.45, 7) is 2.76. The van der Waals surface area contributed by atoms with Gasteiger partial charge in [-0.05, 0) is 0 Å². The third kappa shape index (κ3) is 3.99. The lowest BCUT2D eigenvalue weighted by molar-refractivity contribution is 0.590. The third-order valence-corrected chi connectivity index (χ3v) is 4.50. The molecule has 1 aromatic heterocycles. The van der Waals surface area contributed by atoms with E-state index in [1.807, 2.05) is 30.6 Å². The van der Waals surface area contributed by atoms with E-state index in [0.29, 0.717) is 13.1 Å². The molecule has 0 unspecified atom stereocenters. The van der Waals surface area contributed by atoms with Crippen molar-refractivity contribution in [3.05, 3.63) is 11.9 Å². The second-order valence-corrected chi connectivity index (χ2v) is 6.89. The first kappa shape index (κ1) is 15.0. The number of anilines is 1. The van der Waals surface area contributed by atoms with Gasteiger partial charge in [-0.1, -0.05) is 6.92 Å². The molecule has 0 aliphatic heterocycles. The first-order valence-corrected chi connectivity index (χ1v) is 7.78. The van der Waals surface area contributed by atoms with E-state index in [0.717, 1.165) is 11.6 Å². The molecule has 7 heteroatoms. The van der Waals surface area contributed by atoms with Gasteiger partial charge in [-0.2, -0.15) is 0 Å². The molecule has 1 rings (SSSR count). The average Bonchev–Trinajstić information content (AvgIpc) is 2.66. The van der Waals surface area contributed by atoms with E-state index in [9.17, 15) is 8.42 Å². The summed E-state index contributed by atoms with van der Waals surface area (Å²) in [7, 11) is 2.94. The van der Waals surface area contributed by atoms with Gasteiger partial charge in [0.1, 0.15) is 0 Å². The minimum Gasteiger partial charge on any atom is -0.348 e. The minimum atomic E-state index is -2.89. The minimum absolute atomic E-state index is 0.182. The molecule has 0 fully saturated rings. The van der Waals surface area contributed by atoms with Crippen LogP contribution in [0.4, 0.5) is 5.95 Å². The van der Waals surface area contributed by atoms with Crippen LogP contribution in [0.2, 0.25) is 0 Å². The Bertz CT molecular complexity index is 479. The monoisotopic (exact) mass is 274 g/mol. The average molecular weight is 274 g/mol. The van der Waals surface area contributed by atoms with Crippen molar-refractivity contribution in [1.82, 2.24) is 14.9 Å². The van der Waals surface area contributed by atoms with Crippen molar-refractivity contribution in [2.45, 2.75) is 13.5 Å². The summed E-state index contributed by atoms with van der Waals surface area (Å²) in [4.78, 5) is 6.23. The summed E-state index contributed by atoms with van der Waals surface area (Å²) >= 11 is 0. The summed E-state index contributed by atoms with van der Waals surface area (Å²) in [5, 5.41) is 3.13. The fourth-order valence-corrected chi connectivity index (χ4v) is 2.35. The number of hydrogen-bond acceptors (Lipinski definition) is 5. The number of aromatic nitrogens is 2. The Morgan fingerprint density at radius 1 is 1.44 bits per heavy atom. The van der Waals surface area contributed by atoms with Gasteiger partial charge in [0.25, 0.3) is 0 Å². The van der Waals surface area contributed by atoms with Gasteiger partial charge in [-0.25, -0.2) is 13.4 Å². The highest BCUT2D eigenvalue weighted by Crippen LogP contribution is 2.10. The Balaban J connectivity index is 2.45. The Kier molecular flexibility index (Phi) is 5.15. The lowest BCUT2D eigenvalue weighted by Crippen LogP contribution is -2.24. The molecule has 0 bridgehead atoms. The zero-order valence-electron chi connectivity index (χ0n) is 11.5. The van der Waals surface area contributed by atoms with Gasteiger partial charge >= 0.3 is 0 Å². The summed E-state index contributed by atoms with van der Waals surface area (Å²) in [6, 6.07) is 0. The van der Waals surface area contributed by atoms with E-state index in [2.05, 4.69) is 10.3 Å². The van der Waals surface area contributed by atoms with Crippen LogP contribution >= 0.6 is 0 Å². The van der Waals surface area contributed by atoms with Crippen LogP contribution in [-0.4, -0.2) is 50.1 Å². The van der Waals surface area contributed by atoms with E-state index >= 15 is 0 Å². The molecule has 1 N–H and O–H groups in total. The van der Waals surface area contributed by atoms with Gasteiger partial charge in [-0.15, -0.1) is 0 Å². The summed E-state index contributed by atoms with van der Waals surface area (Å²) in [6.07, 6.45) is 1.80. The van der Waals surface area contributed by atoms with E-state index in [4.69, 9.17) is 0 Å². The molecule has 0 saturated carbocycles. The third-order valence-electron chi connectivity index (χ3n) is 2.80. The lowest BCUT2D eigenvalue weighted by Gasteiger charge is -2.12. The predicted octanol–water partition coefficient (Wildman–Crippen LogP) is 0.0104. The summed E-state index contributed by atoms with van der Waals surface area (Å²) in [5.74, 6) is 1.26. The number of hydrogen-bond donors (Lipinski definition) is 1. The quantitative estimate of drug-likeness (QED) is 0.710. The molecule has 0 saturated heterocycles. The Morgan fingerprint density at radius 2 is 2.11 bits per heavy atom. The topological polar surface area (TPSA) is 67.2 Å². The first-order valence-electron chi connectivity index (χ1n) is 5.96. The van der Waals surface area contributed by atoms with Crippen LogP contribution in [0, 0.1) is 0 Å². The molecular weight excluding hydrogens is 252 g/mol. The summed E-state index contributed by atoms with van der Waals surface area (Å²) in [5.41, 5.74) is 1.03. The van der Waals surface area contributed by atoms with Crippen LogP contribution in [0.15, 0.2) is 6.20 Å². The molecule has 6 nitrogen and oxygen atoms in total. The highest BCUT2D eigenvalue weighted by molar-refractivity contribution is 7.91. The first-order chi connectivity index (χ1) is 8.37. The molecule has 104 valence electrons. The van der Waals surface area contributed by atoms with E-state index in [1.165, 1.54) is 0 Å². The van der Waals surface area contributed by atoms with E-state index < -0.39 is 9.84 Å². The molecule has 1 aromatic rings. The van der Waals surface area contributed by atoms with Crippen LogP contribution < -0.4 is 10.2 Å². The van der Waals surface area contributed by atoms with Crippen LogP contribution in [0.1, 0.15) is 12.6 Å². The van der Waals surface area contributed by atoms with Crippen molar-refractivity contribution in [1.29, 1.82) is 0 Å². The molecule has 0 radical (unpaired) electrons. The highest BCUT2D eigenvalue weighted by atomic mass is 32.2. The van der Waals surface area contributed by atoms with E-state index in [-0.39, 0.29) is 11.5 Å². The number of sulfone groups is 1. The zero-order valence-corrected chi connectivity index (χ0v) is 12.3. The Morgan fingerprint density at radius 3 is 2.61 bits per heavy atom. The van der Waals surface area contributed by atoms with Crippen LogP contribution in [0.3, 0.4) is 0 Å². The van der Waals surface area contributed by atoms with Gasteiger partial charge in [-0.3, -0.25) is 0 Å². The van der Waals surface area contributed by atoms with Crippen LogP contribution in [-0.2, 0) is 23.4 Å². The van der Waals surface area contributed by atoms with Crippen molar-refractivity contribution < 1.29 is 8.42 Å². The maximum Gasteiger partial charge on any atom is 0.204 e. The highest BCUT2D eigenvalue weighted by Gasteiger charge is 2.09.